The summed E-state index contributed by atoms with van der Waals surface area (Å²) in [5, 5.41) is 0.124. The first-order valence-electron chi connectivity index (χ1n) is 9.39. The lowest BCUT2D eigenvalue weighted by Crippen LogP contribution is -2.36. The molecule has 0 amide bonds. The number of halogens is 1. The van der Waals surface area contributed by atoms with Crippen molar-refractivity contribution in [3.8, 4) is 0 Å². The van der Waals surface area contributed by atoms with Crippen molar-refractivity contribution >= 4 is 21.9 Å². The highest BCUT2D eigenvalue weighted by Gasteiger charge is 2.38. The molecule has 3 aromatic rings. The monoisotopic (exact) mass is 450 g/mol. The second-order valence-electron chi connectivity index (χ2n) is 6.49. The van der Waals surface area contributed by atoms with Crippen LogP contribution in [-0.4, -0.2) is 24.0 Å². The van der Waals surface area contributed by atoms with Gasteiger partial charge < -0.3 is 9.47 Å². The van der Waals surface area contributed by atoms with Crippen LogP contribution in [0.2, 0.25) is 0 Å². The molecule has 3 rings (SSSR count). The molecule has 1 atom stereocenters. The van der Waals surface area contributed by atoms with Crippen molar-refractivity contribution in [2.45, 2.75) is 11.7 Å². The van der Waals surface area contributed by atoms with Crippen LogP contribution in [0.4, 0.5) is 0 Å². The second kappa shape index (κ2) is 10.2. The molecule has 0 fully saturated rings. The van der Waals surface area contributed by atoms with E-state index in [1.54, 1.807) is 6.08 Å². The Morgan fingerprint density at radius 1 is 0.862 bits per heavy atom. The molecule has 29 heavy (non-hydrogen) atoms. The summed E-state index contributed by atoms with van der Waals surface area (Å²) in [6.45, 7) is 3.96. The topological polar surface area (TPSA) is 35.5 Å². The first kappa shape index (κ1) is 21.0. The average Bonchev–Trinajstić information content (AvgIpc) is 2.80. The Morgan fingerprint density at radius 3 is 1.62 bits per heavy atom. The summed E-state index contributed by atoms with van der Waals surface area (Å²) in [5.41, 5.74) is 2.12. The van der Waals surface area contributed by atoms with Gasteiger partial charge in [0.1, 0.15) is 17.0 Å². The zero-order chi connectivity index (χ0) is 20.5. The first-order valence-corrected chi connectivity index (χ1v) is 10.5. The van der Waals surface area contributed by atoms with E-state index in [9.17, 15) is 4.79 Å². The van der Waals surface area contributed by atoms with E-state index in [1.807, 2.05) is 91.0 Å². The summed E-state index contributed by atoms with van der Waals surface area (Å²) in [5.74, 6) is -0.358. The van der Waals surface area contributed by atoms with Gasteiger partial charge in [0.05, 0.1) is 6.61 Å². The van der Waals surface area contributed by atoms with Crippen molar-refractivity contribution in [3.63, 3.8) is 0 Å². The minimum absolute atomic E-state index is 0.124. The number of rotatable bonds is 9. The summed E-state index contributed by atoms with van der Waals surface area (Å²) in [4.78, 5) is 11.7. The molecule has 3 aromatic carbocycles. The number of ether oxygens (including phenoxy) is 2. The number of carbonyl (C=O) groups is 1. The fourth-order valence-electron chi connectivity index (χ4n) is 3.33. The average molecular weight is 451 g/mol. The minimum Gasteiger partial charge on any atom is -0.455 e. The summed E-state index contributed by atoms with van der Waals surface area (Å²) in [6, 6.07) is 30.2. The Bertz CT molecular complexity index is 814. The third-order valence-corrected chi connectivity index (χ3v) is 5.12. The Hall–Kier alpha value is -2.69. The van der Waals surface area contributed by atoms with E-state index in [0.717, 1.165) is 16.7 Å². The molecule has 0 heterocycles. The third-order valence-electron chi connectivity index (χ3n) is 4.66. The van der Waals surface area contributed by atoms with Crippen molar-refractivity contribution in [3.05, 3.63) is 120 Å². The third kappa shape index (κ3) is 4.84. The van der Waals surface area contributed by atoms with Gasteiger partial charge in [-0.05, 0) is 22.8 Å². The molecule has 0 aliphatic heterocycles. The van der Waals surface area contributed by atoms with Gasteiger partial charge >= 0.3 is 5.97 Å². The molecular weight excluding hydrogens is 428 g/mol. The minimum atomic E-state index is -0.855. The van der Waals surface area contributed by atoms with E-state index in [-0.39, 0.29) is 17.9 Å². The fraction of sp³-hybridized carbons (Fsp3) is 0.160. The molecule has 0 saturated heterocycles. The van der Waals surface area contributed by atoms with Crippen LogP contribution in [0.15, 0.2) is 104 Å². The molecule has 0 bridgehead atoms. The van der Waals surface area contributed by atoms with Gasteiger partial charge in [-0.2, -0.15) is 0 Å². The molecule has 4 heteroatoms. The largest absolute Gasteiger partial charge is 0.455 e. The summed E-state index contributed by atoms with van der Waals surface area (Å²) in [6.07, 6.45) is 1.03. The predicted octanol–water partition coefficient (Wildman–Crippen LogP) is 5.49. The molecule has 0 spiro atoms. The maximum absolute atomic E-state index is 11.7. The summed E-state index contributed by atoms with van der Waals surface area (Å²) in [7, 11) is 0. The van der Waals surface area contributed by atoms with E-state index in [1.165, 1.54) is 0 Å². The van der Waals surface area contributed by atoms with Crippen LogP contribution in [0, 0.1) is 0 Å². The maximum Gasteiger partial charge on any atom is 0.317 e. The lowest BCUT2D eigenvalue weighted by atomic mass is 9.80. The highest BCUT2D eigenvalue weighted by Crippen LogP contribution is 2.40. The van der Waals surface area contributed by atoms with E-state index < -0.39 is 11.7 Å². The molecule has 0 N–H and O–H groups in total. The normalized spacial score (nSPS) is 12.2. The zero-order valence-corrected chi connectivity index (χ0v) is 17.6. The summed E-state index contributed by atoms with van der Waals surface area (Å²) >= 11 is 3.12. The smallest absolute Gasteiger partial charge is 0.317 e. The number of hydrogen-bond acceptors (Lipinski definition) is 3. The number of hydrogen-bond donors (Lipinski definition) is 0. The Kier molecular flexibility index (Phi) is 7.39. The van der Waals surface area contributed by atoms with Gasteiger partial charge in [0, 0.05) is 0 Å². The van der Waals surface area contributed by atoms with Gasteiger partial charge in [-0.15, -0.1) is 0 Å². The predicted molar refractivity (Wildman–Crippen MR) is 119 cm³/mol. The van der Waals surface area contributed by atoms with Crippen LogP contribution < -0.4 is 0 Å². The van der Waals surface area contributed by atoms with Gasteiger partial charge in [-0.1, -0.05) is 114 Å². The van der Waals surface area contributed by atoms with Crippen molar-refractivity contribution < 1.29 is 14.3 Å². The Balaban J connectivity index is 2.10. The van der Waals surface area contributed by atoms with Crippen molar-refractivity contribution in [2.24, 2.45) is 0 Å². The number of benzene rings is 3. The van der Waals surface area contributed by atoms with Crippen LogP contribution in [0.1, 0.15) is 16.7 Å². The molecule has 3 nitrogen and oxygen atoms in total. The van der Waals surface area contributed by atoms with Crippen LogP contribution in [0.5, 0.6) is 0 Å². The second-order valence-corrected chi connectivity index (χ2v) is 7.05. The molecule has 1 unspecified atom stereocenters. The highest BCUT2D eigenvalue weighted by molar-refractivity contribution is 9.09. The molecule has 0 aliphatic carbocycles. The standard InChI is InChI=1S/C25H23BrO3/c1-2-23(29-24(27)18-26)19-28-25(20-12-6-3-7-13-20,21-14-8-4-9-15-21)22-16-10-5-11-17-22/h2-17,23H,1,18-19H2. The van der Waals surface area contributed by atoms with Crippen LogP contribution in [0.25, 0.3) is 0 Å². The lowest BCUT2D eigenvalue weighted by molar-refractivity contribution is -0.147. The number of carbonyl (C=O) groups excluding carboxylic acids is 1. The van der Waals surface area contributed by atoms with E-state index in [0.29, 0.717) is 0 Å². The van der Waals surface area contributed by atoms with Gasteiger partial charge in [0.15, 0.2) is 0 Å². The van der Waals surface area contributed by atoms with Crippen molar-refractivity contribution in [2.75, 3.05) is 11.9 Å². The van der Waals surface area contributed by atoms with Crippen molar-refractivity contribution in [1.29, 1.82) is 0 Å². The fourth-order valence-corrected chi connectivity index (χ4v) is 3.46. The van der Waals surface area contributed by atoms with Crippen LogP contribution >= 0.6 is 15.9 Å². The van der Waals surface area contributed by atoms with Crippen molar-refractivity contribution in [1.82, 2.24) is 0 Å². The Morgan fingerprint density at radius 2 is 1.28 bits per heavy atom. The van der Waals surface area contributed by atoms with Gasteiger partial charge in [0.2, 0.25) is 0 Å². The quantitative estimate of drug-likeness (QED) is 0.187. The van der Waals surface area contributed by atoms with E-state index in [2.05, 4.69) is 22.5 Å². The Labute approximate surface area is 180 Å². The molecule has 0 aliphatic rings. The molecule has 0 radical (unpaired) electrons. The van der Waals surface area contributed by atoms with Gasteiger partial charge in [-0.25, -0.2) is 0 Å². The highest BCUT2D eigenvalue weighted by atomic mass is 79.9. The number of esters is 1. The van der Waals surface area contributed by atoms with E-state index >= 15 is 0 Å². The summed E-state index contributed by atoms with van der Waals surface area (Å²) < 4.78 is 12.0. The van der Waals surface area contributed by atoms with Gasteiger partial charge in [-0.3, -0.25) is 4.79 Å². The maximum atomic E-state index is 11.7. The molecule has 148 valence electrons. The molecular formula is C25H23BrO3. The number of alkyl halides is 1. The SMILES string of the molecule is C=CC(COC(c1ccccc1)(c1ccccc1)c1ccccc1)OC(=O)CBr. The lowest BCUT2D eigenvalue weighted by Gasteiger charge is -2.36. The zero-order valence-electron chi connectivity index (χ0n) is 16.0. The first-order chi connectivity index (χ1) is 14.2. The van der Waals surface area contributed by atoms with Crippen LogP contribution in [-0.2, 0) is 19.9 Å². The van der Waals surface area contributed by atoms with Crippen LogP contribution in [0.3, 0.4) is 0 Å². The molecule has 0 aromatic heterocycles. The molecule has 0 saturated carbocycles. The van der Waals surface area contributed by atoms with Gasteiger partial charge in [0.25, 0.3) is 0 Å². The van der Waals surface area contributed by atoms with E-state index in [4.69, 9.17) is 9.47 Å².